The van der Waals surface area contributed by atoms with E-state index < -0.39 is 0 Å². The van der Waals surface area contributed by atoms with Crippen LogP contribution in [0, 0.1) is 0 Å². The highest BCUT2D eigenvalue weighted by atomic mass is 35.5. The normalized spacial score (nSPS) is 22.4. The fraction of sp³-hybridized carbons (Fsp3) is 0.385. The van der Waals surface area contributed by atoms with Gasteiger partial charge in [0, 0.05) is 19.2 Å². The van der Waals surface area contributed by atoms with Crippen LogP contribution in [-0.4, -0.2) is 29.9 Å². The van der Waals surface area contributed by atoms with E-state index in [-0.39, 0.29) is 12.1 Å². The molecular weight excluding hydrogens is 301 g/mol. The number of halogens is 2. The van der Waals surface area contributed by atoms with Crippen LogP contribution in [0.5, 0.6) is 0 Å². The largest absolute Gasteiger partial charge is 0.380 e. The van der Waals surface area contributed by atoms with E-state index in [0.717, 1.165) is 18.5 Å². The van der Waals surface area contributed by atoms with Gasteiger partial charge in [-0.15, -0.1) is 0 Å². The molecule has 0 amide bonds. The first kappa shape index (κ1) is 13.8. The van der Waals surface area contributed by atoms with Crippen LogP contribution >= 0.6 is 23.2 Å². The molecule has 0 spiro atoms. The third-order valence-electron chi connectivity index (χ3n) is 3.34. The van der Waals surface area contributed by atoms with Crippen molar-refractivity contribution < 1.29 is 9.26 Å². The van der Waals surface area contributed by atoms with Crippen molar-refractivity contribution in [2.75, 3.05) is 13.7 Å². The predicted molar refractivity (Wildman–Crippen MR) is 75.9 cm³/mol. The molecule has 1 saturated heterocycles. The Morgan fingerprint density at radius 2 is 2.20 bits per heavy atom. The second kappa shape index (κ2) is 5.69. The van der Waals surface area contributed by atoms with Gasteiger partial charge in [-0.25, -0.2) is 0 Å². The Kier molecular flexibility index (Phi) is 3.94. The minimum atomic E-state index is 0.0315. The third-order valence-corrected chi connectivity index (χ3v) is 4.08. The molecule has 7 heteroatoms. The Hall–Kier alpha value is -1.14. The van der Waals surface area contributed by atoms with Gasteiger partial charge >= 0.3 is 0 Å². The highest BCUT2D eigenvalue weighted by Crippen LogP contribution is 2.29. The molecule has 1 aromatic carbocycles. The molecule has 1 N–H and O–H groups in total. The summed E-state index contributed by atoms with van der Waals surface area (Å²) in [6, 6.07) is 5.27. The van der Waals surface area contributed by atoms with Gasteiger partial charge in [0.05, 0.1) is 22.2 Å². The van der Waals surface area contributed by atoms with E-state index in [0.29, 0.717) is 21.8 Å². The quantitative estimate of drug-likeness (QED) is 0.943. The highest BCUT2D eigenvalue weighted by Gasteiger charge is 2.29. The molecule has 1 aliphatic rings. The van der Waals surface area contributed by atoms with Crippen LogP contribution < -0.4 is 5.32 Å². The maximum Gasteiger partial charge on any atom is 0.244 e. The van der Waals surface area contributed by atoms with E-state index in [4.69, 9.17) is 32.5 Å². The molecule has 0 bridgehead atoms. The lowest BCUT2D eigenvalue weighted by Gasteiger charge is -2.04. The second-order valence-electron chi connectivity index (χ2n) is 4.64. The van der Waals surface area contributed by atoms with Crippen molar-refractivity contribution in [2.24, 2.45) is 0 Å². The fourth-order valence-electron chi connectivity index (χ4n) is 2.20. The first-order valence-electron chi connectivity index (χ1n) is 6.22. The van der Waals surface area contributed by atoms with Crippen LogP contribution in [0.1, 0.15) is 18.4 Å². The van der Waals surface area contributed by atoms with Crippen LogP contribution in [-0.2, 0) is 4.74 Å². The molecule has 5 nitrogen and oxygen atoms in total. The molecule has 0 radical (unpaired) electrons. The van der Waals surface area contributed by atoms with Crippen LogP contribution in [0.2, 0.25) is 10.0 Å². The molecule has 1 aliphatic heterocycles. The molecule has 3 rings (SSSR count). The number of nitrogens with zero attached hydrogens (tertiary/aromatic N) is 2. The summed E-state index contributed by atoms with van der Waals surface area (Å²) in [6.45, 7) is 0.783. The zero-order valence-electron chi connectivity index (χ0n) is 10.8. The third kappa shape index (κ3) is 2.67. The Morgan fingerprint density at radius 1 is 1.35 bits per heavy atom. The van der Waals surface area contributed by atoms with Crippen molar-refractivity contribution in [2.45, 2.75) is 18.6 Å². The number of benzene rings is 1. The minimum absolute atomic E-state index is 0.0315. The molecule has 2 heterocycles. The molecule has 0 aliphatic carbocycles. The molecule has 0 unspecified atom stereocenters. The number of aromatic nitrogens is 2. The first-order chi connectivity index (χ1) is 9.67. The van der Waals surface area contributed by atoms with Gasteiger partial charge in [0.1, 0.15) is 0 Å². The van der Waals surface area contributed by atoms with Crippen LogP contribution in [0.4, 0.5) is 0 Å². The van der Waals surface area contributed by atoms with Crippen molar-refractivity contribution in [3.63, 3.8) is 0 Å². The van der Waals surface area contributed by atoms with E-state index >= 15 is 0 Å². The maximum absolute atomic E-state index is 5.99. The Bertz CT molecular complexity index is 617. The van der Waals surface area contributed by atoms with Crippen molar-refractivity contribution in [3.05, 3.63) is 34.1 Å². The highest BCUT2D eigenvalue weighted by molar-refractivity contribution is 6.42. The van der Waals surface area contributed by atoms with E-state index in [2.05, 4.69) is 15.5 Å². The number of hydrogen-bond donors (Lipinski definition) is 1. The number of methoxy groups -OCH3 is 1. The van der Waals surface area contributed by atoms with Gasteiger partial charge < -0.3 is 14.6 Å². The summed E-state index contributed by atoms with van der Waals surface area (Å²) in [7, 11) is 1.70. The zero-order chi connectivity index (χ0) is 14.1. The van der Waals surface area contributed by atoms with E-state index in [1.165, 1.54) is 0 Å². The maximum atomic E-state index is 5.99. The van der Waals surface area contributed by atoms with E-state index in [9.17, 15) is 0 Å². The summed E-state index contributed by atoms with van der Waals surface area (Å²) >= 11 is 11.9. The summed E-state index contributed by atoms with van der Waals surface area (Å²) in [5.41, 5.74) is 0.774. The summed E-state index contributed by atoms with van der Waals surface area (Å²) < 4.78 is 10.6. The summed E-state index contributed by atoms with van der Waals surface area (Å²) in [4.78, 5) is 4.40. The van der Waals surface area contributed by atoms with Gasteiger partial charge in [-0.3, -0.25) is 0 Å². The standard InChI is InChI=1S/C13H13Cl2N3O2/c1-19-8-5-11(16-6-8)13-17-12(18-20-13)7-2-3-9(14)10(15)4-7/h2-4,8,11,16H,5-6H2,1H3/t8-,11+/m0/s1. The fourth-order valence-corrected chi connectivity index (χ4v) is 2.50. The average Bonchev–Trinajstić information content (AvgIpc) is 3.09. The zero-order valence-corrected chi connectivity index (χ0v) is 12.3. The van der Waals surface area contributed by atoms with E-state index in [1.54, 1.807) is 19.2 Å². The van der Waals surface area contributed by atoms with Crippen molar-refractivity contribution in [1.82, 2.24) is 15.5 Å². The average molecular weight is 314 g/mol. The molecule has 0 saturated carbocycles. The topological polar surface area (TPSA) is 60.2 Å². The Balaban J connectivity index is 1.81. The summed E-state index contributed by atoms with van der Waals surface area (Å²) in [5.74, 6) is 1.06. The lowest BCUT2D eigenvalue weighted by Crippen LogP contribution is -2.16. The smallest absolute Gasteiger partial charge is 0.244 e. The van der Waals surface area contributed by atoms with Gasteiger partial charge in [-0.1, -0.05) is 28.4 Å². The lowest BCUT2D eigenvalue weighted by atomic mass is 10.2. The molecule has 1 aromatic heterocycles. The molecule has 2 aromatic rings. The van der Waals surface area contributed by atoms with Gasteiger partial charge in [0.2, 0.25) is 11.7 Å². The van der Waals surface area contributed by atoms with Gasteiger partial charge in [-0.2, -0.15) is 4.98 Å². The Morgan fingerprint density at radius 3 is 2.90 bits per heavy atom. The van der Waals surface area contributed by atoms with Crippen LogP contribution in [0.25, 0.3) is 11.4 Å². The first-order valence-corrected chi connectivity index (χ1v) is 6.98. The SMILES string of the molecule is CO[C@@H]1CN[C@@H](c2nc(-c3ccc(Cl)c(Cl)c3)no2)C1. The number of ether oxygens (including phenoxy) is 1. The van der Waals surface area contributed by atoms with Crippen molar-refractivity contribution in [3.8, 4) is 11.4 Å². The van der Waals surface area contributed by atoms with Crippen LogP contribution in [0.3, 0.4) is 0 Å². The monoisotopic (exact) mass is 313 g/mol. The molecule has 1 fully saturated rings. The summed E-state index contributed by atoms with van der Waals surface area (Å²) in [5, 5.41) is 8.24. The Labute approximate surface area is 126 Å². The number of rotatable bonds is 3. The second-order valence-corrected chi connectivity index (χ2v) is 5.45. The molecule has 2 atom stereocenters. The number of nitrogens with one attached hydrogen (secondary N) is 1. The van der Waals surface area contributed by atoms with Crippen molar-refractivity contribution >= 4 is 23.2 Å². The van der Waals surface area contributed by atoms with Gasteiger partial charge in [-0.05, 0) is 24.6 Å². The van der Waals surface area contributed by atoms with Crippen LogP contribution in [0.15, 0.2) is 22.7 Å². The van der Waals surface area contributed by atoms with Crippen molar-refractivity contribution in [1.29, 1.82) is 0 Å². The van der Waals surface area contributed by atoms with E-state index in [1.807, 2.05) is 6.07 Å². The van der Waals surface area contributed by atoms with Gasteiger partial charge in [0.15, 0.2) is 0 Å². The summed E-state index contributed by atoms with van der Waals surface area (Å²) in [6.07, 6.45) is 1.000. The molecule has 106 valence electrons. The minimum Gasteiger partial charge on any atom is -0.380 e. The van der Waals surface area contributed by atoms with Gasteiger partial charge in [0.25, 0.3) is 0 Å². The molecular formula is C13H13Cl2N3O2. The number of hydrogen-bond acceptors (Lipinski definition) is 5. The lowest BCUT2D eigenvalue weighted by molar-refractivity contribution is 0.116. The predicted octanol–water partition coefficient (Wildman–Crippen LogP) is 3.09. The molecule has 20 heavy (non-hydrogen) atoms.